The van der Waals surface area contributed by atoms with Crippen molar-refractivity contribution in [2.75, 3.05) is 0 Å². The van der Waals surface area contributed by atoms with Gasteiger partial charge in [-0.25, -0.2) is 8.42 Å². The molecule has 0 aliphatic heterocycles. The highest BCUT2D eigenvalue weighted by atomic mass is 35.7. The Hall–Kier alpha value is -0.620. The molecule has 10 heteroatoms. The number of rotatable bonds is 3. The predicted octanol–water partition coefficient (Wildman–Crippen LogP) is 3.84. The molecule has 0 aromatic heterocycles. The van der Waals surface area contributed by atoms with Crippen LogP contribution in [0, 0.1) is 11.3 Å². The molecule has 0 aliphatic carbocycles. The van der Waals surface area contributed by atoms with Gasteiger partial charge in [0.25, 0.3) is 9.05 Å². The van der Waals surface area contributed by atoms with Crippen LogP contribution in [0.25, 0.3) is 0 Å². The molecule has 0 heterocycles. The van der Waals surface area contributed by atoms with Crippen LogP contribution in [0.3, 0.4) is 0 Å². The molecular formula is C9H4Cl2F3NO2S2. The summed E-state index contributed by atoms with van der Waals surface area (Å²) in [4.78, 5) is -1.39. The molecule has 0 amide bonds. The smallest absolute Gasteiger partial charge is 0.207 e. The van der Waals surface area contributed by atoms with Gasteiger partial charge in [-0.1, -0.05) is 0 Å². The molecule has 0 fully saturated rings. The first-order valence-electron chi connectivity index (χ1n) is 4.42. The second-order valence-corrected chi connectivity index (χ2v) is 7.07. The third-order valence-corrected chi connectivity index (χ3v) is 4.57. The number of hydrogen-bond acceptors (Lipinski definition) is 4. The lowest BCUT2D eigenvalue weighted by Crippen LogP contribution is -2.05. The summed E-state index contributed by atoms with van der Waals surface area (Å²) in [6, 6.07) is 3.51. The number of nitrogens with zero attached hydrogens (tertiary/aromatic N) is 1. The van der Waals surface area contributed by atoms with Crippen LogP contribution in [0.4, 0.5) is 13.2 Å². The molecule has 1 aromatic carbocycles. The minimum atomic E-state index is -4.70. The minimum Gasteiger partial charge on any atom is -0.207 e. The van der Waals surface area contributed by atoms with E-state index in [0.717, 1.165) is 12.1 Å². The summed E-state index contributed by atoms with van der Waals surface area (Å²) in [7, 11) is 0.660. The van der Waals surface area contributed by atoms with Crippen molar-refractivity contribution in [1.29, 1.82) is 5.26 Å². The van der Waals surface area contributed by atoms with Gasteiger partial charge in [0.2, 0.25) is 0 Å². The van der Waals surface area contributed by atoms with E-state index in [2.05, 4.69) is 0 Å². The maximum atomic E-state index is 12.4. The molecule has 0 saturated carbocycles. The zero-order valence-electron chi connectivity index (χ0n) is 8.83. The summed E-state index contributed by atoms with van der Waals surface area (Å²) < 4.78 is 59.9. The average Bonchev–Trinajstić information content (AvgIpc) is 2.25. The Morgan fingerprint density at radius 2 is 1.95 bits per heavy atom. The van der Waals surface area contributed by atoms with Gasteiger partial charge in [-0.15, -0.1) is 11.6 Å². The minimum absolute atomic E-state index is 0.123. The largest absolute Gasteiger partial charge is 0.446 e. The third-order valence-electron chi connectivity index (χ3n) is 1.89. The highest BCUT2D eigenvalue weighted by molar-refractivity contribution is 8.14. The Morgan fingerprint density at radius 1 is 1.37 bits per heavy atom. The number of halogens is 5. The zero-order valence-corrected chi connectivity index (χ0v) is 12.0. The summed E-state index contributed by atoms with van der Waals surface area (Å²) in [6.07, 6.45) is 0. The molecule has 19 heavy (non-hydrogen) atoms. The van der Waals surface area contributed by atoms with Crippen molar-refractivity contribution in [2.24, 2.45) is 0 Å². The molecule has 3 nitrogen and oxygen atoms in total. The Bertz CT molecular complexity index is 638. The molecule has 0 saturated heterocycles. The van der Waals surface area contributed by atoms with Crippen LogP contribution in [-0.4, -0.2) is 13.9 Å². The molecule has 0 unspecified atom stereocenters. The lowest BCUT2D eigenvalue weighted by Gasteiger charge is -2.13. The number of alkyl halides is 4. The van der Waals surface area contributed by atoms with Crippen molar-refractivity contribution in [3.63, 3.8) is 0 Å². The first-order valence-corrected chi connectivity index (χ1v) is 8.08. The van der Waals surface area contributed by atoms with Crippen molar-refractivity contribution in [3.8, 4) is 6.07 Å². The molecule has 104 valence electrons. The van der Waals surface area contributed by atoms with Crippen LogP contribution < -0.4 is 0 Å². The van der Waals surface area contributed by atoms with Crippen molar-refractivity contribution < 1.29 is 21.6 Å². The highest BCUT2D eigenvalue weighted by Gasteiger charge is 2.34. The van der Waals surface area contributed by atoms with Crippen molar-refractivity contribution >= 4 is 43.1 Å². The fourth-order valence-electron chi connectivity index (χ4n) is 1.24. The molecule has 0 aliphatic rings. The van der Waals surface area contributed by atoms with E-state index in [1.165, 1.54) is 0 Å². The third kappa shape index (κ3) is 4.45. The lowest BCUT2D eigenvalue weighted by atomic mass is 10.1. The molecule has 0 atom stereocenters. The summed E-state index contributed by atoms with van der Waals surface area (Å²) in [6.45, 7) is 0. The second kappa shape index (κ2) is 5.79. The van der Waals surface area contributed by atoms with E-state index in [-0.39, 0.29) is 17.0 Å². The quantitative estimate of drug-likeness (QED) is 0.472. The normalized spacial score (nSPS) is 12.2. The molecule has 0 spiro atoms. The Morgan fingerprint density at radius 3 is 2.32 bits per heavy atom. The van der Waals surface area contributed by atoms with Gasteiger partial charge in [0.1, 0.15) is 0 Å². The molecule has 0 N–H and O–H groups in total. The average molecular weight is 350 g/mol. The molecular weight excluding hydrogens is 346 g/mol. The molecule has 0 bridgehead atoms. The fraction of sp³-hybridized carbons (Fsp3) is 0.222. The Labute approximate surface area is 120 Å². The van der Waals surface area contributed by atoms with Gasteiger partial charge in [-0.3, -0.25) is 0 Å². The maximum absolute atomic E-state index is 12.4. The van der Waals surface area contributed by atoms with E-state index in [1.54, 1.807) is 6.07 Å². The number of hydrogen-bond donors (Lipinski definition) is 0. The first-order chi connectivity index (χ1) is 8.58. The van der Waals surface area contributed by atoms with E-state index >= 15 is 0 Å². The Kier molecular flexibility index (Phi) is 5.01. The van der Waals surface area contributed by atoms with Crippen LogP contribution in [0.15, 0.2) is 21.9 Å². The van der Waals surface area contributed by atoms with Crippen LogP contribution in [-0.2, 0) is 14.9 Å². The van der Waals surface area contributed by atoms with E-state index in [1.807, 2.05) is 0 Å². The summed E-state index contributed by atoms with van der Waals surface area (Å²) in [5.41, 5.74) is -4.96. The van der Waals surface area contributed by atoms with Gasteiger partial charge < -0.3 is 0 Å². The maximum Gasteiger partial charge on any atom is 0.446 e. The monoisotopic (exact) mass is 349 g/mol. The topological polar surface area (TPSA) is 57.9 Å². The molecule has 0 radical (unpaired) electrons. The number of benzene rings is 1. The van der Waals surface area contributed by atoms with Crippen molar-refractivity contribution in [1.82, 2.24) is 0 Å². The van der Waals surface area contributed by atoms with Gasteiger partial charge in [-0.2, -0.15) is 18.4 Å². The van der Waals surface area contributed by atoms with Gasteiger partial charge in [-0.05, 0) is 29.5 Å². The molecule has 1 aromatic rings. The van der Waals surface area contributed by atoms with Gasteiger partial charge in [0.15, 0.2) is 0 Å². The van der Waals surface area contributed by atoms with Gasteiger partial charge >= 0.3 is 5.51 Å². The fourth-order valence-corrected chi connectivity index (χ4v) is 3.76. The van der Waals surface area contributed by atoms with E-state index in [9.17, 15) is 21.6 Å². The SMILES string of the molecule is N#Cc1cc(CCl)c(SC(F)(F)F)c(S(=O)(=O)Cl)c1. The predicted molar refractivity (Wildman–Crippen MR) is 65.7 cm³/mol. The zero-order chi connectivity index (χ0) is 14.8. The van der Waals surface area contributed by atoms with Crippen molar-refractivity contribution in [2.45, 2.75) is 21.2 Å². The summed E-state index contributed by atoms with van der Waals surface area (Å²) >= 11 is 4.85. The van der Waals surface area contributed by atoms with Gasteiger partial charge in [0.05, 0.1) is 16.5 Å². The van der Waals surface area contributed by atoms with Crippen LogP contribution in [0.2, 0.25) is 0 Å². The standard InChI is InChI=1S/C9H4Cl2F3NO2S2/c10-3-6-1-5(4-15)2-7(19(11,16)17)8(6)18-9(12,13)14/h1-2H,3H2. The number of thioether (sulfide) groups is 1. The lowest BCUT2D eigenvalue weighted by molar-refractivity contribution is -0.0329. The first kappa shape index (κ1) is 16.4. The second-order valence-electron chi connectivity index (χ2n) is 3.19. The molecule has 1 rings (SSSR count). The van der Waals surface area contributed by atoms with Gasteiger partial charge in [0, 0.05) is 21.5 Å². The van der Waals surface area contributed by atoms with Crippen LogP contribution in [0.1, 0.15) is 11.1 Å². The van der Waals surface area contributed by atoms with Crippen LogP contribution >= 0.6 is 34.0 Å². The van der Waals surface area contributed by atoms with E-state index in [0.29, 0.717) is 0 Å². The van der Waals surface area contributed by atoms with E-state index < -0.39 is 36.1 Å². The van der Waals surface area contributed by atoms with Crippen LogP contribution in [0.5, 0.6) is 0 Å². The number of nitriles is 1. The van der Waals surface area contributed by atoms with Crippen molar-refractivity contribution in [3.05, 3.63) is 23.3 Å². The van der Waals surface area contributed by atoms with E-state index in [4.69, 9.17) is 27.5 Å². The summed E-state index contributed by atoms with van der Waals surface area (Å²) in [5.74, 6) is -0.382. The Balaban J connectivity index is 3.62. The summed E-state index contributed by atoms with van der Waals surface area (Å²) in [5, 5.41) is 8.71. The highest BCUT2D eigenvalue weighted by Crippen LogP contribution is 2.43.